The zero-order valence-electron chi connectivity index (χ0n) is 15.7. The number of hydrogen-bond donors (Lipinski definition) is 1. The van der Waals surface area contributed by atoms with Crippen LogP contribution in [0.3, 0.4) is 0 Å². The molecule has 1 aliphatic heterocycles. The molecule has 5 nitrogen and oxygen atoms in total. The Kier molecular flexibility index (Phi) is 5.06. The van der Waals surface area contributed by atoms with Crippen molar-refractivity contribution in [1.29, 1.82) is 0 Å². The lowest BCUT2D eigenvalue weighted by atomic mass is 10.1. The van der Waals surface area contributed by atoms with Gasteiger partial charge in [-0.25, -0.2) is 8.42 Å². The van der Waals surface area contributed by atoms with Crippen molar-refractivity contribution in [2.24, 2.45) is 0 Å². The Balaban J connectivity index is 1.69. The summed E-state index contributed by atoms with van der Waals surface area (Å²) in [5, 5.41) is 0.0554. The lowest BCUT2D eigenvalue weighted by Gasteiger charge is -2.23. The van der Waals surface area contributed by atoms with Crippen molar-refractivity contribution in [3.8, 4) is 0 Å². The minimum absolute atomic E-state index is 0.0157. The third-order valence-electron chi connectivity index (χ3n) is 4.92. The number of sulfonamides is 1. The van der Waals surface area contributed by atoms with Crippen LogP contribution in [0, 0.1) is 0 Å². The highest BCUT2D eigenvalue weighted by molar-refractivity contribution is 7.92. The van der Waals surface area contributed by atoms with Crippen LogP contribution in [0.1, 0.15) is 22.8 Å². The second kappa shape index (κ2) is 7.54. The fourth-order valence-electron chi connectivity index (χ4n) is 3.57. The molecule has 1 N–H and O–H groups in total. The predicted octanol–water partition coefficient (Wildman–Crippen LogP) is 4.73. The van der Waals surface area contributed by atoms with E-state index in [2.05, 4.69) is 4.72 Å². The van der Waals surface area contributed by atoms with Gasteiger partial charge in [-0.15, -0.1) is 0 Å². The van der Waals surface area contributed by atoms with Gasteiger partial charge in [-0.05, 0) is 55.3 Å². The number of para-hydroxylation sites is 2. The molecule has 3 aromatic carbocycles. The quantitative estimate of drug-likeness (QED) is 0.655. The topological polar surface area (TPSA) is 66.5 Å². The highest BCUT2D eigenvalue weighted by Crippen LogP contribution is 2.34. The number of benzene rings is 3. The minimum Gasteiger partial charge on any atom is -0.305 e. The molecule has 1 heterocycles. The lowest BCUT2D eigenvalue weighted by molar-refractivity contribution is 0.0981. The molecule has 29 heavy (non-hydrogen) atoms. The second-order valence-electron chi connectivity index (χ2n) is 6.97. The van der Waals surface area contributed by atoms with Gasteiger partial charge in [0, 0.05) is 23.0 Å². The van der Waals surface area contributed by atoms with E-state index in [1.165, 1.54) is 12.1 Å². The molecule has 0 spiro atoms. The van der Waals surface area contributed by atoms with Crippen molar-refractivity contribution in [1.82, 2.24) is 0 Å². The largest absolute Gasteiger partial charge is 0.305 e. The van der Waals surface area contributed by atoms with E-state index in [0.717, 1.165) is 17.7 Å². The molecule has 1 atom stereocenters. The van der Waals surface area contributed by atoms with Gasteiger partial charge < -0.3 is 4.90 Å². The van der Waals surface area contributed by atoms with Crippen LogP contribution in [-0.4, -0.2) is 20.4 Å². The molecule has 0 aliphatic carbocycles. The van der Waals surface area contributed by atoms with E-state index in [9.17, 15) is 13.2 Å². The lowest BCUT2D eigenvalue weighted by Crippen LogP contribution is -2.35. The minimum atomic E-state index is -3.95. The summed E-state index contributed by atoms with van der Waals surface area (Å²) in [5.74, 6) is -0.254. The Bertz CT molecular complexity index is 1180. The number of hydrogen-bond acceptors (Lipinski definition) is 3. The fraction of sp³-hybridized carbons (Fsp3) is 0.136. The smallest absolute Gasteiger partial charge is 0.263 e. The van der Waals surface area contributed by atoms with Crippen LogP contribution in [0.2, 0.25) is 5.02 Å². The zero-order valence-corrected chi connectivity index (χ0v) is 17.2. The number of rotatable bonds is 4. The van der Waals surface area contributed by atoms with Gasteiger partial charge in [-0.2, -0.15) is 0 Å². The highest BCUT2D eigenvalue weighted by atomic mass is 35.5. The van der Waals surface area contributed by atoms with Crippen LogP contribution in [0.15, 0.2) is 77.7 Å². The molecule has 7 heteroatoms. The third-order valence-corrected chi connectivity index (χ3v) is 6.78. The molecule has 148 valence electrons. The maximum atomic E-state index is 13.2. The van der Waals surface area contributed by atoms with Crippen LogP contribution in [-0.2, 0) is 16.4 Å². The van der Waals surface area contributed by atoms with Gasteiger partial charge in [0.1, 0.15) is 4.90 Å². The van der Waals surface area contributed by atoms with Crippen LogP contribution in [0.25, 0.3) is 0 Å². The van der Waals surface area contributed by atoms with Crippen LogP contribution in [0.5, 0.6) is 0 Å². The summed E-state index contributed by atoms with van der Waals surface area (Å²) in [6.07, 6.45) is 0.760. The summed E-state index contributed by atoms with van der Waals surface area (Å²) in [7, 11) is -3.95. The highest BCUT2D eigenvalue weighted by Gasteiger charge is 2.32. The summed E-state index contributed by atoms with van der Waals surface area (Å²) >= 11 is 6.18. The van der Waals surface area contributed by atoms with E-state index >= 15 is 0 Å². The van der Waals surface area contributed by atoms with E-state index in [-0.39, 0.29) is 27.4 Å². The molecule has 0 radical (unpaired) electrons. The Morgan fingerprint density at radius 1 is 1.03 bits per heavy atom. The molecular formula is C22H19ClN2O3S. The summed E-state index contributed by atoms with van der Waals surface area (Å²) in [5.41, 5.74) is 2.64. The Labute approximate surface area is 175 Å². The van der Waals surface area contributed by atoms with E-state index in [1.54, 1.807) is 41.3 Å². The molecule has 4 rings (SSSR count). The van der Waals surface area contributed by atoms with Crippen LogP contribution >= 0.6 is 11.6 Å². The summed E-state index contributed by atoms with van der Waals surface area (Å²) in [4.78, 5) is 14.8. The Morgan fingerprint density at radius 2 is 1.72 bits per heavy atom. The number of anilines is 2. The molecule has 1 unspecified atom stereocenters. The van der Waals surface area contributed by atoms with Crippen molar-refractivity contribution >= 4 is 38.9 Å². The molecule has 3 aromatic rings. The first kappa shape index (κ1) is 19.5. The third kappa shape index (κ3) is 3.73. The van der Waals surface area contributed by atoms with E-state index in [4.69, 9.17) is 11.6 Å². The number of halogens is 1. The van der Waals surface area contributed by atoms with Crippen molar-refractivity contribution < 1.29 is 13.2 Å². The number of nitrogens with zero attached hydrogens (tertiary/aromatic N) is 1. The number of carbonyl (C=O) groups is 1. The van der Waals surface area contributed by atoms with E-state index < -0.39 is 10.0 Å². The van der Waals surface area contributed by atoms with Crippen molar-refractivity contribution in [3.05, 3.63) is 88.9 Å². The van der Waals surface area contributed by atoms with Gasteiger partial charge in [0.25, 0.3) is 15.9 Å². The van der Waals surface area contributed by atoms with Gasteiger partial charge in [0.15, 0.2) is 0 Å². The van der Waals surface area contributed by atoms with Gasteiger partial charge >= 0.3 is 0 Å². The standard InChI is InChI=1S/C22H19ClN2O3S/c1-15-13-16-7-5-6-10-20(16)25(15)22(26)17-11-12-19(23)21(14-17)29(27,28)24-18-8-3-2-4-9-18/h2-12,14-15,24H,13H2,1H3. The SMILES string of the molecule is CC1Cc2ccccc2N1C(=O)c1ccc(Cl)c(S(=O)(=O)Nc2ccccc2)c1. The van der Waals surface area contributed by atoms with Crippen molar-refractivity contribution in [3.63, 3.8) is 0 Å². The van der Waals surface area contributed by atoms with Crippen molar-refractivity contribution in [2.45, 2.75) is 24.3 Å². The molecule has 0 saturated heterocycles. The van der Waals surface area contributed by atoms with Gasteiger partial charge in [-0.3, -0.25) is 9.52 Å². The summed E-state index contributed by atoms with van der Waals surface area (Å²) in [6.45, 7) is 1.97. The first-order valence-corrected chi connectivity index (χ1v) is 11.0. The number of carbonyl (C=O) groups excluding carboxylic acids is 1. The Morgan fingerprint density at radius 3 is 2.48 bits per heavy atom. The average molecular weight is 427 g/mol. The molecule has 0 aromatic heterocycles. The predicted molar refractivity (Wildman–Crippen MR) is 115 cm³/mol. The van der Waals surface area contributed by atoms with Crippen LogP contribution in [0.4, 0.5) is 11.4 Å². The zero-order chi connectivity index (χ0) is 20.6. The van der Waals surface area contributed by atoms with Gasteiger partial charge in [0.05, 0.1) is 5.02 Å². The molecule has 0 saturated carbocycles. The fourth-order valence-corrected chi connectivity index (χ4v) is 5.16. The molecule has 0 bridgehead atoms. The summed E-state index contributed by atoms with van der Waals surface area (Å²) in [6, 6.07) is 20.6. The van der Waals surface area contributed by atoms with Gasteiger partial charge in [-0.1, -0.05) is 48.0 Å². The average Bonchev–Trinajstić information content (AvgIpc) is 3.03. The maximum Gasteiger partial charge on any atom is 0.263 e. The molecular weight excluding hydrogens is 408 g/mol. The van der Waals surface area contributed by atoms with E-state index in [0.29, 0.717) is 5.69 Å². The summed E-state index contributed by atoms with van der Waals surface area (Å²) < 4.78 is 28.2. The van der Waals surface area contributed by atoms with Crippen LogP contribution < -0.4 is 9.62 Å². The normalized spacial score (nSPS) is 15.8. The Hall–Kier alpha value is -2.83. The first-order valence-electron chi connectivity index (χ1n) is 9.16. The first-order chi connectivity index (χ1) is 13.9. The molecule has 1 aliphatic rings. The van der Waals surface area contributed by atoms with Crippen molar-refractivity contribution in [2.75, 3.05) is 9.62 Å². The number of fused-ring (bicyclic) bond motifs is 1. The number of nitrogens with one attached hydrogen (secondary N) is 1. The molecule has 1 amide bonds. The number of amides is 1. The molecule has 0 fully saturated rings. The maximum absolute atomic E-state index is 13.2. The van der Waals surface area contributed by atoms with Gasteiger partial charge in [0.2, 0.25) is 0 Å². The van der Waals surface area contributed by atoms with E-state index in [1.807, 2.05) is 31.2 Å². The second-order valence-corrected chi connectivity index (χ2v) is 9.03. The monoisotopic (exact) mass is 426 g/mol.